The van der Waals surface area contributed by atoms with Gasteiger partial charge in [0.25, 0.3) is 5.91 Å². The van der Waals surface area contributed by atoms with Gasteiger partial charge >= 0.3 is 0 Å². The molecule has 6 nitrogen and oxygen atoms in total. The lowest BCUT2D eigenvalue weighted by atomic mass is 9.94. The first kappa shape index (κ1) is 13.3. The summed E-state index contributed by atoms with van der Waals surface area (Å²) < 4.78 is 0. The van der Waals surface area contributed by atoms with Crippen molar-refractivity contribution in [2.75, 3.05) is 13.1 Å². The van der Waals surface area contributed by atoms with E-state index in [2.05, 4.69) is 15.0 Å². The van der Waals surface area contributed by atoms with E-state index < -0.39 is 0 Å². The molecule has 1 aliphatic rings. The lowest BCUT2D eigenvalue weighted by Crippen LogP contribution is -2.39. The number of carbonyl (C=O) groups excluding carboxylic acids is 1. The van der Waals surface area contributed by atoms with Gasteiger partial charge in [0.15, 0.2) is 0 Å². The number of aromatic amines is 1. The van der Waals surface area contributed by atoms with Crippen molar-refractivity contribution in [3.8, 4) is 6.07 Å². The molecule has 0 aromatic carbocycles. The summed E-state index contributed by atoms with van der Waals surface area (Å²) in [7, 11) is 0. The highest BCUT2D eigenvalue weighted by Crippen LogP contribution is 2.26. The molecule has 1 aliphatic heterocycles. The van der Waals surface area contributed by atoms with Crippen molar-refractivity contribution in [1.29, 1.82) is 5.26 Å². The number of aromatic nitrogens is 3. The van der Waals surface area contributed by atoms with Crippen molar-refractivity contribution < 1.29 is 4.79 Å². The van der Waals surface area contributed by atoms with Crippen LogP contribution in [0.2, 0.25) is 0 Å². The smallest absolute Gasteiger partial charge is 0.270 e. The molecule has 1 N–H and O–H groups in total. The lowest BCUT2D eigenvalue weighted by Gasteiger charge is -2.32. The number of rotatable bonds is 2. The first-order valence-corrected chi connectivity index (χ1v) is 6.91. The number of amides is 1. The van der Waals surface area contributed by atoms with Gasteiger partial charge in [-0.25, -0.2) is 9.97 Å². The number of hydrogen-bond acceptors (Lipinski definition) is 4. The van der Waals surface area contributed by atoms with Gasteiger partial charge in [0, 0.05) is 37.1 Å². The maximum Gasteiger partial charge on any atom is 0.270 e. The van der Waals surface area contributed by atoms with Crippen LogP contribution >= 0.6 is 0 Å². The molecule has 0 radical (unpaired) electrons. The second kappa shape index (κ2) is 5.75. The van der Waals surface area contributed by atoms with Crippen LogP contribution in [0.5, 0.6) is 0 Å². The van der Waals surface area contributed by atoms with Crippen molar-refractivity contribution in [3.05, 3.63) is 47.8 Å². The van der Waals surface area contributed by atoms with Crippen molar-refractivity contribution >= 4 is 5.91 Å². The summed E-state index contributed by atoms with van der Waals surface area (Å²) in [6.07, 6.45) is 6.80. The number of piperidine rings is 1. The Morgan fingerprint density at radius 2 is 2.43 bits per heavy atom. The maximum atomic E-state index is 12.5. The predicted octanol–water partition coefficient (Wildman–Crippen LogP) is 1.70. The molecule has 3 heterocycles. The Morgan fingerprint density at radius 3 is 3.14 bits per heavy atom. The molecular formula is C15H15N5O. The first-order chi connectivity index (χ1) is 10.3. The molecule has 1 amide bonds. The quantitative estimate of drug-likeness (QED) is 0.907. The summed E-state index contributed by atoms with van der Waals surface area (Å²) in [6.45, 7) is 1.39. The van der Waals surface area contributed by atoms with Gasteiger partial charge in [-0.3, -0.25) is 4.79 Å². The number of nitrogens with zero attached hydrogens (tertiary/aromatic N) is 4. The fourth-order valence-electron chi connectivity index (χ4n) is 2.70. The summed E-state index contributed by atoms with van der Waals surface area (Å²) in [5, 5.41) is 8.82. The van der Waals surface area contributed by atoms with E-state index in [4.69, 9.17) is 5.26 Å². The number of hydrogen-bond donors (Lipinski definition) is 1. The Kier molecular flexibility index (Phi) is 3.65. The minimum atomic E-state index is -0.0599. The fourth-order valence-corrected chi connectivity index (χ4v) is 2.70. The Morgan fingerprint density at radius 1 is 1.52 bits per heavy atom. The molecule has 0 aliphatic carbocycles. The van der Waals surface area contributed by atoms with Crippen LogP contribution in [0.3, 0.4) is 0 Å². The topological polar surface area (TPSA) is 85.7 Å². The molecule has 1 saturated heterocycles. The highest BCUT2D eigenvalue weighted by molar-refractivity contribution is 5.93. The van der Waals surface area contributed by atoms with Crippen LogP contribution in [0.1, 0.15) is 40.5 Å². The Balaban J connectivity index is 1.74. The molecule has 0 bridgehead atoms. The number of carbonyl (C=O) groups is 1. The monoisotopic (exact) mass is 281 g/mol. The van der Waals surface area contributed by atoms with Crippen molar-refractivity contribution in [3.63, 3.8) is 0 Å². The third kappa shape index (κ3) is 2.77. The van der Waals surface area contributed by atoms with E-state index >= 15 is 0 Å². The summed E-state index contributed by atoms with van der Waals surface area (Å²) >= 11 is 0. The van der Waals surface area contributed by atoms with Gasteiger partial charge in [0.1, 0.15) is 18.1 Å². The van der Waals surface area contributed by atoms with E-state index in [1.54, 1.807) is 24.8 Å². The average Bonchev–Trinajstić information content (AvgIpc) is 3.04. The molecule has 1 fully saturated rings. The Labute approximate surface area is 122 Å². The molecule has 6 heteroatoms. The van der Waals surface area contributed by atoms with E-state index in [0.717, 1.165) is 25.1 Å². The van der Waals surface area contributed by atoms with Gasteiger partial charge in [0.2, 0.25) is 0 Å². The lowest BCUT2D eigenvalue weighted by molar-refractivity contribution is 0.0700. The zero-order chi connectivity index (χ0) is 14.7. The molecule has 1 atom stereocenters. The van der Waals surface area contributed by atoms with Crippen LogP contribution < -0.4 is 0 Å². The number of likely N-dealkylation sites (tertiary alicyclic amines) is 1. The minimum absolute atomic E-state index is 0.0599. The first-order valence-electron chi connectivity index (χ1n) is 6.91. The molecule has 0 saturated carbocycles. The summed E-state index contributed by atoms with van der Waals surface area (Å²) in [6, 6.07) is 5.52. The molecule has 21 heavy (non-hydrogen) atoms. The third-order valence-corrected chi connectivity index (χ3v) is 3.77. The molecule has 2 aromatic rings. The Bertz CT molecular complexity index is 673. The number of nitriles is 1. The standard InChI is InChI=1S/C15H15N5O/c16-7-11-6-14(18-8-11)15(21)20-5-1-2-12(9-20)13-3-4-17-10-19-13/h3-4,6,8,10,12,18H,1-2,5,9H2/t12-/m1/s1. The van der Waals surface area contributed by atoms with Crippen LogP contribution in [0.4, 0.5) is 0 Å². The van der Waals surface area contributed by atoms with Gasteiger partial charge in [-0.2, -0.15) is 5.26 Å². The molecular weight excluding hydrogens is 266 g/mol. The average molecular weight is 281 g/mol. The molecule has 0 spiro atoms. The van der Waals surface area contributed by atoms with E-state index in [9.17, 15) is 4.79 Å². The van der Waals surface area contributed by atoms with E-state index in [1.165, 1.54) is 0 Å². The van der Waals surface area contributed by atoms with Gasteiger partial charge in [0.05, 0.1) is 5.56 Å². The second-order valence-electron chi connectivity index (χ2n) is 5.14. The highest BCUT2D eigenvalue weighted by Gasteiger charge is 2.26. The van der Waals surface area contributed by atoms with Crippen LogP contribution in [-0.4, -0.2) is 38.8 Å². The minimum Gasteiger partial charge on any atom is -0.356 e. The molecule has 3 rings (SSSR count). The summed E-state index contributed by atoms with van der Waals surface area (Å²) in [4.78, 5) is 25.4. The van der Waals surface area contributed by atoms with E-state index in [-0.39, 0.29) is 11.8 Å². The zero-order valence-electron chi connectivity index (χ0n) is 11.5. The normalized spacial score (nSPS) is 18.2. The van der Waals surface area contributed by atoms with Crippen molar-refractivity contribution in [2.24, 2.45) is 0 Å². The van der Waals surface area contributed by atoms with Crippen molar-refractivity contribution in [2.45, 2.75) is 18.8 Å². The largest absolute Gasteiger partial charge is 0.356 e. The SMILES string of the molecule is N#Cc1c[nH]c(C(=O)N2CCC[C@@H](c3ccncn3)C2)c1. The van der Waals surface area contributed by atoms with Gasteiger partial charge in [-0.1, -0.05) is 0 Å². The van der Waals surface area contributed by atoms with Crippen LogP contribution in [0.25, 0.3) is 0 Å². The van der Waals surface area contributed by atoms with Crippen LogP contribution in [-0.2, 0) is 0 Å². The zero-order valence-corrected chi connectivity index (χ0v) is 11.5. The van der Waals surface area contributed by atoms with Crippen LogP contribution in [0, 0.1) is 11.3 Å². The summed E-state index contributed by atoms with van der Waals surface area (Å²) in [5.41, 5.74) is 1.92. The van der Waals surface area contributed by atoms with Gasteiger partial charge < -0.3 is 9.88 Å². The molecule has 2 aromatic heterocycles. The van der Waals surface area contributed by atoms with Crippen LogP contribution in [0.15, 0.2) is 30.9 Å². The van der Waals surface area contributed by atoms with Gasteiger partial charge in [-0.15, -0.1) is 0 Å². The number of nitrogens with one attached hydrogen (secondary N) is 1. The Hall–Kier alpha value is -2.68. The predicted molar refractivity (Wildman–Crippen MR) is 75.4 cm³/mol. The van der Waals surface area contributed by atoms with E-state index in [1.807, 2.05) is 17.0 Å². The maximum absolute atomic E-state index is 12.5. The second-order valence-corrected chi connectivity index (χ2v) is 5.14. The van der Waals surface area contributed by atoms with E-state index in [0.29, 0.717) is 17.8 Å². The van der Waals surface area contributed by atoms with Gasteiger partial charge in [-0.05, 0) is 25.0 Å². The molecule has 0 unspecified atom stereocenters. The highest BCUT2D eigenvalue weighted by atomic mass is 16.2. The van der Waals surface area contributed by atoms with Crippen molar-refractivity contribution in [1.82, 2.24) is 19.9 Å². The number of H-pyrrole nitrogens is 1. The fraction of sp³-hybridized carbons (Fsp3) is 0.333. The molecule has 106 valence electrons. The summed E-state index contributed by atoms with van der Waals surface area (Å²) in [5.74, 6) is 0.186. The third-order valence-electron chi connectivity index (χ3n) is 3.77.